The molecule has 0 aliphatic rings. The van der Waals surface area contributed by atoms with Gasteiger partial charge >= 0.3 is 0 Å². The van der Waals surface area contributed by atoms with Gasteiger partial charge in [0.25, 0.3) is 0 Å². The highest BCUT2D eigenvalue weighted by Crippen LogP contribution is 2.22. The summed E-state index contributed by atoms with van der Waals surface area (Å²) < 4.78 is 15.9. The molecule has 0 radical (unpaired) electrons. The number of benzene rings is 2. The monoisotopic (exact) mass is 316 g/mol. The molecular formula is C15H10BrFN2. The average molecular weight is 317 g/mol. The van der Waals surface area contributed by atoms with Crippen LogP contribution in [-0.2, 0) is 0 Å². The van der Waals surface area contributed by atoms with Crippen molar-refractivity contribution in [2.24, 2.45) is 0 Å². The van der Waals surface area contributed by atoms with Crippen LogP contribution in [0.25, 0.3) is 16.8 Å². The predicted molar refractivity (Wildman–Crippen MR) is 76.7 cm³/mol. The quantitative estimate of drug-likeness (QED) is 0.683. The Morgan fingerprint density at radius 2 is 1.79 bits per heavy atom. The number of nitrogens with zero attached hydrogens (tertiary/aromatic N) is 2. The molecule has 0 atom stereocenters. The minimum absolute atomic E-state index is 0.266. The van der Waals surface area contributed by atoms with Gasteiger partial charge in [-0.1, -0.05) is 34.1 Å². The Kier molecular flexibility index (Phi) is 3.17. The van der Waals surface area contributed by atoms with Gasteiger partial charge < -0.3 is 0 Å². The summed E-state index contributed by atoms with van der Waals surface area (Å²) in [6, 6.07) is 14.4. The smallest absolute Gasteiger partial charge is 0.125 e. The van der Waals surface area contributed by atoms with Crippen molar-refractivity contribution in [1.82, 2.24) is 9.78 Å². The van der Waals surface area contributed by atoms with Crippen LogP contribution in [0.1, 0.15) is 0 Å². The van der Waals surface area contributed by atoms with E-state index >= 15 is 0 Å². The lowest BCUT2D eigenvalue weighted by molar-refractivity contribution is 0.625. The number of rotatable bonds is 2. The van der Waals surface area contributed by atoms with Gasteiger partial charge in [-0.2, -0.15) is 5.10 Å². The molecule has 94 valence electrons. The molecule has 0 saturated carbocycles. The molecule has 4 heteroatoms. The van der Waals surface area contributed by atoms with Crippen LogP contribution in [-0.4, -0.2) is 9.78 Å². The van der Waals surface area contributed by atoms with Crippen molar-refractivity contribution < 1.29 is 4.39 Å². The van der Waals surface area contributed by atoms with Gasteiger partial charge in [-0.3, -0.25) is 0 Å². The summed E-state index contributed by atoms with van der Waals surface area (Å²) in [4.78, 5) is 0. The molecule has 0 saturated heterocycles. The lowest BCUT2D eigenvalue weighted by Gasteiger charge is -2.00. The summed E-state index contributed by atoms with van der Waals surface area (Å²) in [6.45, 7) is 0. The van der Waals surface area contributed by atoms with Gasteiger partial charge in [0.15, 0.2) is 0 Å². The summed E-state index contributed by atoms with van der Waals surface area (Å²) in [5, 5.41) is 4.26. The predicted octanol–water partition coefficient (Wildman–Crippen LogP) is 4.44. The minimum Gasteiger partial charge on any atom is -0.240 e. The van der Waals surface area contributed by atoms with E-state index in [9.17, 15) is 4.39 Å². The van der Waals surface area contributed by atoms with Crippen LogP contribution in [0.4, 0.5) is 4.39 Å². The van der Waals surface area contributed by atoms with Crippen molar-refractivity contribution in [3.63, 3.8) is 0 Å². The zero-order valence-corrected chi connectivity index (χ0v) is 11.5. The van der Waals surface area contributed by atoms with E-state index in [0.29, 0.717) is 5.69 Å². The molecule has 19 heavy (non-hydrogen) atoms. The molecule has 0 aliphatic carbocycles. The van der Waals surface area contributed by atoms with Gasteiger partial charge in [0.2, 0.25) is 0 Å². The van der Waals surface area contributed by atoms with E-state index in [2.05, 4.69) is 21.0 Å². The van der Waals surface area contributed by atoms with Gasteiger partial charge in [-0.25, -0.2) is 9.07 Å². The van der Waals surface area contributed by atoms with Crippen LogP contribution >= 0.6 is 15.9 Å². The Morgan fingerprint density at radius 3 is 2.53 bits per heavy atom. The lowest BCUT2D eigenvalue weighted by Crippen LogP contribution is -1.94. The zero-order valence-electron chi connectivity index (χ0n) is 9.92. The molecule has 0 N–H and O–H groups in total. The molecule has 3 rings (SSSR count). The Morgan fingerprint density at radius 1 is 1.00 bits per heavy atom. The summed E-state index contributed by atoms with van der Waals surface area (Å²) in [5.41, 5.74) is 2.78. The Bertz CT molecular complexity index is 704. The molecule has 0 spiro atoms. The van der Waals surface area contributed by atoms with E-state index in [1.165, 1.54) is 12.1 Å². The lowest BCUT2D eigenvalue weighted by atomic mass is 10.1. The number of halogens is 2. The second-order valence-corrected chi connectivity index (χ2v) is 5.08. The third-order valence-corrected chi connectivity index (χ3v) is 3.36. The van der Waals surface area contributed by atoms with Crippen LogP contribution in [0.5, 0.6) is 0 Å². The fourth-order valence-corrected chi connectivity index (χ4v) is 2.14. The summed E-state index contributed by atoms with van der Waals surface area (Å²) >= 11 is 3.41. The maximum atomic E-state index is 13.2. The van der Waals surface area contributed by atoms with Crippen molar-refractivity contribution in [3.8, 4) is 16.8 Å². The highest BCUT2D eigenvalue weighted by Gasteiger charge is 2.04. The fourth-order valence-electron chi connectivity index (χ4n) is 1.87. The number of hydrogen-bond acceptors (Lipinski definition) is 1. The highest BCUT2D eigenvalue weighted by molar-refractivity contribution is 9.10. The van der Waals surface area contributed by atoms with E-state index in [1.54, 1.807) is 16.9 Å². The molecular weight excluding hydrogens is 307 g/mol. The van der Waals surface area contributed by atoms with Crippen molar-refractivity contribution in [3.05, 3.63) is 71.2 Å². The molecule has 0 aliphatic heterocycles. The second-order valence-electron chi connectivity index (χ2n) is 4.16. The first-order valence-electron chi connectivity index (χ1n) is 5.79. The van der Waals surface area contributed by atoms with E-state index in [0.717, 1.165) is 15.6 Å². The summed E-state index contributed by atoms with van der Waals surface area (Å²) in [7, 11) is 0. The maximum Gasteiger partial charge on any atom is 0.125 e. The molecule has 0 amide bonds. The van der Waals surface area contributed by atoms with Crippen LogP contribution in [0.2, 0.25) is 0 Å². The van der Waals surface area contributed by atoms with Gasteiger partial charge in [0.1, 0.15) is 5.82 Å². The average Bonchev–Trinajstić information content (AvgIpc) is 2.89. The van der Waals surface area contributed by atoms with Crippen molar-refractivity contribution >= 4 is 15.9 Å². The van der Waals surface area contributed by atoms with Crippen LogP contribution < -0.4 is 0 Å². The minimum atomic E-state index is -0.266. The van der Waals surface area contributed by atoms with Crippen LogP contribution in [0, 0.1) is 5.82 Å². The third-order valence-electron chi connectivity index (χ3n) is 2.83. The van der Waals surface area contributed by atoms with Gasteiger partial charge in [-0.05, 0) is 35.9 Å². The van der Waals surface area contributed by atoms with E-state index < -0.39 is 0 Å². The Labute approximate surface area is 118 Å². The molecule has 1 heterocycles. The third kappa shape index (κ3) is 2.58. The van der Waals surface area contributed by atoms with Crippen LogP contribution in [0.3, 0.4) is 0 Å². The molecule has 2 nitrogen and oxygen atoms in total. The number of hydrogen-bond donors (Lipinski definition) is 0. The molecule has 0 fully saturated rings. The van der Waals surface area contributed by atoms with E-state index in [1.807, 2.05) is 36.5 Å². The van der Waals surface area contributed by atoms with E-state index in [4.69, 9.17) is 0 Å². The fraction of sp³-hybridized carbons (Fsp3) is 0. The SMILES string of the molecule is Fc1cccc(-n2cc(-c3ccc(Br)cc3)cn2)c1. The van der Waals surface area contributed by atoms with Crippen molar-refractivity contribution in [1.29, 1.82) is 0 Å². The molecule has 1 aromatic heterocycles. The van der Waals surface area contributed by atoms with E-state index in [-0.39, 0.29) is 5.82 Å². The number of aromatic nitrogens is 2. The zero-order chi connectivity index (χ0) is 13.2. The first kappa shape index (κ1) is 12.1. The first-order chi connectivity index (χ1) is 9.22. The normalized spacial score (nSPS) is 10.6. The van der Waals surface area contributed by atoms with Gasteiger partial charge in [0, 0.05) is 16.2 Å². The molecule has 2 aromatic carbocycles. The summed E-state index contributed by atoms with van der Waals surface area (Å²) in [6.07, 6.45) is 3.66. The molecule has 3 aromatic rings. The Balaban J connectivity index is 1.97. The first-order valence-corrected chi connectivity index (χ1v) is 6.58. The highest BCUT2D eigenvalue weighted by atomic mass is 79.9. The molecule has 0 unspecified atom stereocenters. The largest absolute Gasteiger partial charge is 0.240 e. The standard InChI is InChI=1S/C15H10BrFN2/c16-13-6-4-11(5-7-13)12-9-18-19(10-12)15-3-1-2-14(17)8-15/h1-10H. The summed E-state index contributed by atoms with van der Waals surface area (Å²) in [5.74, 6) is -0.266. The maximum absolute atomic E-state index is 13.2. The Hall–Kier alpha value is -1.94. The topological polar surface area (TPSA) is 17.8 Å². The van der Waals surface area contributed by atoms with Crippen molar-refractivity contribution in [2.45, 2.75) is 0 Å². The van der Waals surface area contributed by atoms with Gasteiger partial charge in [0.05, 0.1) is 11.9 Å². The van der Waals surface area contributed by atoms with Crippen LogP contribution in [0.15, 0.2) is 65.4 Å². The second kappa shape index (κ2) is 4.97. The molecule has 0 bridgehead atoms. The van der Waals surface area contributed by atoms with Crippen molar-refractivity contribution in [2.75, 3.05) is 0 Å². The van der Waals surface area contributed by atoms with Gasteiger partial charge in [-0.15, -0.1) is 0 Å².